The Morgan fingerprint density at radius 3 is 2.50 bits per heavy atom. The maximum atomic E-state index is 12.2. The van der Waals surface area contributed by atoms with Crippen LogP contribution in [0, 0.1) is 12.8 Å². The van der Waals surface area contributed by atoms with Crippen molar-refractivity contribution < 1.29 is 13.9 Å². The molecule has 0 aromatic carbocycles. The number of hydrogen-bond donors (Lipinski definition) is 1. The SMILES string of the molecule is CCC(CC)C(=O)NCC(c1ccc(C)o1)N1CCOCC1. The third-order valence-electron chi connectivity index (χ3n) is 4.40. The summed E-state index contributed by atoms with van der Waals surface area (Å²) in [5, 5.41) is 3.11. The largest absolute Gasteiger partial charge is 0.465 e. The quantitative estimate of drug-likeness (QED) is 0.841. The van der Waals surface area contributed by atoms with E-state index in [2.05, 4.69) is 24.1 Å². The van der Waals surface area contributed by atoms with E-state index < -0.39 is 0 Å². The fourth-order valence-electron chi connectivity index (χ4n) is 2.93. The summed E-state index contributed by atoms with van der Waals surface area (Å²) in [5.74, 6) is 2.07. The third-order valence-corrected chi connectivity index (χ3v) is 4.40. The summed E-state index contributed by atoms with van der Waals surface area (Å²) in [4.78, 5) is 14.6. The van der Waals surface area contributed by atoms with Gasteiger partial charge in [0.2, 0.25) is 5.91 Å². The predicted octanol–water partition coefficient (Wildman–Crippen LogP) is 2.51. The van der Waals surface area contributed by atoms with E-state index in [1.165, 1.54) is 0 Å². The average Bonchev–Trinajstić information content (AvgIpc) is 2.96. The van der Waals surface area contributed by atoms with Crippen molar-refractivity contribution in [2.24, 2.45) is 5.92 Å². The lowest BCUT2D eigenvalue weighted by atomic mass is 10.0. The number of carbonyl (C=O) groups excluding carboxylic acids is 1. The lowest BCUT2D eigenvalue weighted by Crippen LogP contribution is -2.44. The van der Waals surface area contributed by atoms with E-state index in [0.717, 1.165) is 50.7 Å². The first-order valence-electron chi connectivity index (χ1n) is 8.31. The molecule has 1 aromatic heterocycles. The van der Waals surface area contributed by atoms with Gasteiger partial charge in [-0.2, -0.15) is 0 Å². The van der Waals surface area contributed by atoms with Crippen LogP contribution in [-0.2, 0) is 9.53 Å². The summed E-state index contributed by atoms with van der Waals surface area (Å²) in [6.45, 7) is 9.85. The fraction of sp³-hybridized carbons (Fsp3) is 0.706. The molecule has 1 saturated heterocycles. The van der Waals surface area contributed by atoms with E-state index in [4.69, 9.17) is 9.15 Å². The fourth-order valence-corrected chi connectivity index (χ4v) is 2.93. The summed E-state index contributed by atoms with van der Waals surface area (Å²) in [6, 6.07) is 4.07. The Bertz CT molecular complexity index is 462. The van der Waals surface area contributed by atoms with E-state index in [9.17, 15) is 4.79 Å². The molecule has 0 bridgehead atoms. The zero-order valence-electron chi connectivity index (χ0n) is 13.9. The molecule has 1 unspecified atom stereocenters. The van der Waals surface area contributed by atoms with Crippen molar-refractivity contribution >= 4 is 5.91 Å². The number of carbonyl (C=O) groups is 1. The predicted molar refractivity (Wildman–Crippen MR) is 85.7 cm³/mol. The molecule has 5 heteroatoms. The molecule has 1 aromatic rings. The van der Waals surface area contributed by atoms with Gasteiger partial charge in [-0.1, -0.05) is 13.8 Å². The van der Waals surface area contributed by atoms with Gasteiger partial charge in [0, 0.05) is 25.6 Å². The van der Waals surface area contributed by atoms with Gasteiger partial charge in [-0.3, -0.25) is 9.69 Å². The molecule has 0 aliphatic carbocycles. The normalized spacial score (nSPS) is 17.6. The van der Waals surface area contributed by atoms with E-state index in [1.54, 1.807) is 0 Å². The summed E-state index contributed by atoms with van der Waals surface area (Å²) < 4.78 is 11.2. The number of nitrogens with one attached hydrogen (secondary N) is 1. The summed E-state index contributed by atoms with van der Waals surface area (Å²) >= 11 is 0. The van der Waals surface area contributed by atoms with Crippen LogP contribution in [0.4, 0.5) is 0 Å². The van der Waals surface area contributed by atoms with Gasteiger partial charge in [-0.15, -0.1) is 0 Å². The molecule has 1 aliphatic rings. The minimum Gasteiger partial charge on any atom is -0.465 e. The molecule has 0 radical (unpaired) electrons. The van der Waals surface area contributed by atoms with Crippen LogP contribution >= 0.6 is 0 Å². The van der Waals surface area contributed by atoms with Crippen molar-refractivity contribution in [1.82, 2.24) is 10.2 Å². The highest BCUT2D eigenvalue weighted by Gasteiger charge is 2.26. The van der Waals surface area contributed by atoms with Crippen LogP contribution in [0.15, 0.2) is 16.5 Å². The third kappa shape index (κ3) is 4.34. The number of ether oxygens (including phenoxy) is 1. The zero-order valence-corrected chi connectivity index (χ0v) is 13.9. The van der Waals surface area contributed by atoms with Crippen molar-refractivity contribution in [3.05, 3.63) is 23.7 Å². The molecule has 1 amide bonds. The molecule has 0 spiro atoms. The van der Waals surface area contributed by atoms with Crippen LogP contribution in [0.2, 0.25) is 0 Å². The molecule has 124 valence electrons. The topological polar surface area (TPSA) is 54.7 Å². The number of aryl methyl sites for hydroxylation is 1. The molecule has 22 heavy (non-hydrogen) atoms. The van der Waals surface area contributed by atoms with Gasteiger partial charge in [0.25, 0.3) is 0 Å². The first-order valence-corrected chi connectivity index (χ1v) is 8.31. The summed E-state index contributed by atoms with van der Waals surface area (Å²) in [5.41, 5.74) is 0. The van der Waals surface area contributed by atoms with Crippen molar-refractivity contribution in [2.75, 3.05) is 32.8 Å². The Labute approximate surface area is 133 Å². The van der Waals surface area contributed by atoms with Crippen molar-refractivity contribution in [2.45, 2.75) is 39.7 Å². The lowest BCUT2D eigenvalue weighted by Gasteiger charge is -2.33. The minimum atomic E-state index is 0.0795. The Kier molecular flexibility index (Phi) is 6.46. The van der Waals surface area contributed by atoms with Crippen LogP contribution in [0.25, 0.3) is 0 Å². The number of morpholine rings is 1. The second-order valence-electron chi connectivity index (χ2n) is 5.87. The van der Waals surface area contributed by atoms with Crippen molar-refractivity contribution in [3.63, 3.8) is 0 Å². The standard InChI is InChI=1S/C17H28N2O3/c1-4-14(5-2)17(20)18-12-15(16-7-6-13(3)22-16)19-8-10-21-11-9-19/h6-7,14-15H,4-5,8-12H2,1-3H3,(H,18,20). The molecular weight excluding hydrogens is 280 g/mol. The van der Waals surface area contributed by atoms with Gasteiger partial charge in [-0.05, 0) is 31.9 Å². The number of furan rings is 1. The summed E-state index contributed by atoms with van der Waals surface area (Å²) in [6.07, 6.45) is 1.76. The second-order valence-corrected chi connectivity index (χ2v) is 5.87. The molecule has 2 rings (SSSR count). The number of nitrogens with zero attached hydrogens (tertiary/aromatic N) is 1. The molecule has 1 atom stereocenters. The van der Waals surface area contributed by atoms with E-state index in [0.29, 0.717) is 6.54 Å². The highest BCUT2D eigenvalue weighted by atomic mass is 16.5. The van der Waals surface area contributed by atoms with E-state index >= 15 is 0 Å². The molecule has 1 N–H and O–H groups in total. The number of hydrogen-bond acceptors (Lipinski definition) is 4. The van der Waals surface area contributed by atoms with E-state index in [-0.39, 0.29) is 17.9 Å². The molecular formula is C17H28N2O3. The first-order chi connectivity index (χ1) is 10.7. The Hall–Kier alpha value is -1.33. The second kappa shape index (κ2) is 8.34. The Morgan fingerprint density at radius 2 is 1.95 bits per heavy atom. The van der Waals surface area contributed by atoms with Gasteiger partial charge in [0.05, 0.1) is 19.3 Å². The molecule has 1 aliphatic heterocycles. The smallest absolute Gasteiger partial charge is 0.223 e. The molecule has 5 nitrogen and oxygen atoms in total. The Morgan fingerprint density at radius 1 is 1.27 bits per heavy atom. The highest BCUT2D eigenvalue weighted by molar-refractivity contribution is 5.78. The highest BCUT2D eigenvalue weighted by Crippen LogP contribution is 2.23. The van der Waals surface area contributed by atoms with Crippen molar-refractivity contribution in [1.29, 1.82) is 0 Å². The van der Waals surface area contributed by atoms with Crippen molar-refractivity contribution in [3.8, 4) is 0 Å². The van der Waals surface area contributed by atoms with Crippen LogP contribution < -0.4 is 5.32 Å². The first kappa shape index (κ1) is 17.0. The van der Waals surface area contributed by atoms with Gasteiger partial charge in [-0.25, -0.2) is 0 Å². The number of amides is 1. The van der Waals surface area contributed by atoms with E-state index in [1.807, 2.05) is 19.1 Å². The molecule has 2 heterocycles. The van der Waals surface area contributed by atoms with Crippen LogP contribution in [0.3, 0.4) is 0 Å². The van der Waals surface area contributed by atoms with Crippen LogP contribution in [0.1, 0.15) is 44.3 Å². The lowest BCUT2D eigenvalue weighted by molar-refractivity contribution is -0.125. The zero-order chi connectivity index (χ0) is 15.9. The van der Waals surface area contributed by atoms with Crippen LogP contribution in [0.5, 0.6) is 0 Å². The molecule has 0 saturated carbocycles. The average molecular weight is 308 g/mol. The number of rotatable bonds is 7. The van der Waals surface area contributed by atoms with Gasteiger partial charge >= 0.3 is 0 Å². The van der Waals surface area contributed by atoms with Gasteiger partial charge in [0.1, 0.15) is 11.5 Å². The monoisotopic (exact) mass is 308 g/mol. The van der Waals surface area contributed by atoms with Gasteiger partial charge < -0.3 is 14.5 Å². The maximum Gasteiger partial charge on any atom is 0.223 e. The maximum absolute atomic E-state index is 12.2. The van der Waals surface area contributed by atoms with Gasteiger partial charge in [0.15, 0.2) is 0 Å². The minimum absolute atomic E-state index is 0.0795. The summed E-state index contributed by atoms with van der Waals surface area (Å²) in [7, 11) is 0. The van der Waals surface area contributed by atoms with Crippen LogP contribution in [-0.4, -0.2) is 43.7 Å². The Balaban J connectivity index is 2.03. The molecule has 1 fully saturated rings.